The minimum absolute atomic E-state index is 0.0781. The highest BCUT2D eigenvalue weighted by Gasteiger charge is 2.07. The van der Waals surface area contributed by atoms with Crippen LogP contribution in [0.25, 0.3) is 0 Å². The van der Waals surface area contributed by atoms with Crippen LogP contribution < -0.4 is 10.1 Å². The van der Waals surface area contributed by atoms with E-state index >= 15 is 0 Å². The average molecular weight is 318 g/mol. The molecule has 0 aliphatic heterocycles. The van der Waals surface area contributed by atoms with E-state index in [2.05, 4.69) is 19.2 Å². The van der Waals surface area contributed by atoms with Gasteiger partial charge in [-0.25, -0.2) is 0 Å². The van der Waals surface area contributed by atoms with Crippen LogP contribution in [0.5, 0.6) is 5.75 Å². The predicted octanol–water partition coefficient (Wildman–Crippen LogP) is 4.30. The summed E-state index contributed by atoms with van der Waals surface area (Å²) >= 11 is 5.85. The number of hydrogen-bond acceptors (Lipinski definition) is 2. The topological polar surface area (TPSA) is 38.3 Å². The summed E-state index contributed by atoms with van der Waals surface area (Å²) in [6.45, 7) is 5.22. The molecule has 2 aromatic carbocycles. The van der Waals surface area contributed by atoms with Gasteiger partial charge in [0.25, 0.3) is 5.91 Å². The maximum atomic E-state index is 12.0. The zero-order valence-corrected chi connectivity index (χ0v) is 13.6. The van der Waals surface area contributed by atoms with E-state index in [-0.39, 0.29) is 5.91 Å². The molecule has 0 saturated carbocycles. The van der Waals surface area contributed by atoms with Crippen molar-refractivity contribution in [2.24, 2.45) is 5.92 Å². The highest BCUT2D eigenvalue weighted by Crippen LogP contribution is 2.16. The number of benzene rings is 2. The Bertz CT molecular complexity index is 623. The maximum absolute atomic E-state index is 12.0. The van der Waals surface area contributed by atoms with Gasteiger partial charge in [0.1, 0.15) is 12.4 Å². The van der Waals surface area contributed by atoms with Gasteiger partial charge in [-0.3, -0.25) is 4.79 Å². The van der Waals surface area contributed by atoms with Crippen LogP contribution in [0.1, 0.15) is 29.8 Å². The van der Waals surface area contributed by atoms with Crippen LogP contribution in [0.15, 0.2) is 48.5 Å². The maximum Gasteiger partial charge on any atom is 0.251 e. The lowest BCUT2D eigenvalue weighted by atomic mass is 10.1. The number of rotatable bonds is 6. The molecule has 0 unspecified atom stereocenters. The second-order valence-corrected chi connectivity index (χ2v) is 5.98. The molecule has 116 valence electrons. The van der Waals surface area contributed by atoms with Crippen LogP contribution in [-0.2, 0) is 6.61 Å². The molecule has 2 aromatic rings. The van der Waals surface area contributed by atoms with Gasteiger partial charge in [0.05, 0.1) is 0 Å². The first-order valence-corrected chi connectivity index (χ1v) is 7.68. The van der Waals surface area contributed by atoms with Crippen LogP contribution in [0, 0.1) is 5.92 Å². The van der Waals surface area contributed by atoms with E-state index in [0.29, 0.717) is 35.4 Å². The van der Waals surface area contributed by atoms with Gasteiger partial charge < -0.3 is 10.1 Å². The molecule has 0 spiro atoms. The van der Waals surface area contributed by atoms with Crippen molar-refractivity contribution >= 4 is 17.5 Å². The lowest BCUT2D eigenvalue weighted by molar-refractivity contribution is 0.0948. The number of hydrogen-bond donors (Lipinski definition) is 1. The summed E-state index contributed by atoms with van der Waals surface area (Å²) in [7, 11) is 0. The number of carbonyl (C=O) groups excluding carboxylic acids is 1. The molecule has 0 heterocycles. The molecule has 0 fully saturated rings. The van der Waals surface area contributed by atoms with E-state index < -0.39 is 0 Å². The zero-order valence-electron chi connectivity index (χ0n) is 12.8. The number of ether oxygens (including phenoxy) is 1. The molecule has 22 heavy (non-hydrogen) atoms. The summed E-state index contributed by atoms with van der Waals surface area (Å²) in [6, 6.07) is 14.7. The Labute approximate surface area is 136 Å². The molecule has 3 nitrogen and oxygen atoms in total. The Morgan fingerprint density at radius 3 is 2.59 bits per heavy atom. The quantitative estimate of drug-likeness (QED) is 0.862. The summed E-state index contributed by atoms with van der Waals surface area (Å²) in [6.07, 6.45) is 0. The summed E-state index contributed by atoms with van der Waals surface area (Å²) in [5, 5.41) is 3.60. The van der Waals surface area contributed by atoms with E-state index in [1.54, 1.807) is 12.1 Å². The Hall–Kier alpha value is -2.00. The molecule has 0 aliphatic carbocycles. The first kappa shape index (κ1) is 16.4. The Balaban J connectivity index is 1.96. The van der Waals surface area contributed by atoms with E-state index in [0.717, 1.165) is 5.56 Å². The third kappa shape index (κ3) is 5.08. The van der Waals surface area contributed by atoms with Gasteiger partial charge in [-0.05, 0) is 41.8 Å². The van der Waals surface area contributed by atoms with Gasteiger partial charge >= 0.3 is 0 Å². The molecule has 0 aromatic heterocycles. The second kappa shape index (κ2) is 7.85. The fourth-order valence-electron chi connectivity index (χ4n) is 1.87. The van der Waals surface area contributed by atoms with Crippen molar-refractivity contribution in [3.05, 3.63) is 64.7 Å². The second-order valence-electron chi connectivity index (χ2n) is 5.55. The summed E-state index contributed by atoms with van der Waals surface area (Å²) in [4.78, 5) is 12.0. The van der Waals surface area contributed by atoms with Crippen molar-refractivity contribution in [2.45, 2.75) is 20.5 Å². The Morgan fingerprint density at radius 2 is 1.91 bits per heavy atom. The molecule has 1 N–H and O–H groups in total. The van der Waals surface area contributed by atoms with Gasteiger partial charge in [-0.15, -0.1) is 0 Å². The van der Waals surface area contributed by atoms with E-state index in [1.165, 1.54) is 0 Å². The van der Waals surface area contributed by atoms with Crippen LogP contribution in [-0.4, -0.2) is 12.5 Å². The fourth-order valence-corrected chi connectivity index (χ4v) is 2.00. The van der Waals surface area contributed by atoms with Crippen LogP contribution >= 0.6 is 11.6 Å². The summed E-state index contributed by atoms with van der Waals surface area (Å²) < 4.78 is 5.73. The van der Waals surface area contributed by atoms with Crippen molar-refractivity contribution in [3.8, 4) is 5.75 Å². The molecular weight excluding hydrogens is 298 g/mol. The molecule has 1 amide bonds. The third-order valence-corrected chi connectivity index (χ3v) is 3.34. The largest absolute Gasteiger partial charge is 0.489 e. The highest BCUT2D eigenvalue weighted by atomic mass is 35.5. The minimum Gasteiger partial charge on any atom is -0.489 e. The van der Waals surface area contributed by atoms with Crippen molar-refractivity contribution in [1.82, 2.24) is 5.32 Å². The third-order valence-electron chi connectivity index (χ3n) is 3.09. The number of amides is 1. The van der Waals surface area contributed by atoms with Crippen LogP contribution in [0.2, 0.25) is 5.02 Å². The van der Waals surface area contributed by atoms with E-state index in [4.69, 9.17) is 16.3 Å². The van der Waals surface area contributed by atoms with Crippen molar-refractivity contribution in [3.63, 3.8) is 0 Å². The van der Waals surface area contributed by atoms with Gasteiger partial charge in [-0.2, -0.15) is 0 Å². The van der Waals surface area contributed by atoms with Gasteiger partial charge in [-0.1, -0.05) is 43.6 Å². The molecule has 0 atom stereocenters. The van der Waals surface area contributed by atoms with Crippen LogP contribution in [0.3, 0.4) is 0 Å². The molecule has 0 bridgehead atoms. The monoisotopic (exact) mass is 317 g/mol. The lowest BCUT2D eigenvalue weighted by Gasteiger charge is -2.10. The molecular formula is C18H20ClNO2. The normalized spacial score (nSPS) is 10.5. The summed E-state index contributed by atoms with van der Waals surface area (Å²) in [5.74, 6) is 1.02. The molecule has 4 heteroatoms. The fraction of sp³-hybridized carbons (Fsp3) is 0.278. The SMILES string of the molecule is CC(C)CNC(=O)c1cccc(OCc2ccc(Cl)cc2)c1. The lowest BCUT2D eigenvalue weighted by Crippen LogP contribution is -2.27. The molecule has 2 rings (SSSR count). The number of halogens is 1. The standard InChI is InChI=1S/C18H20ClNO2/c1-13(2)11-20-18(21)15-4-3-5-17(10-15)22-12-14-6-8-16(19)9-7-14/h3-10,13H,11-12H2,1-2H3,(H,20,21). The smallest absolute Gasteiger partial charge is 0.251 e. The molecule has 0 radical (unpaired) electrons. The van der Waals surface area contributed by atoms with Crippen molar-refractivity contribution in [1.29, 1.82) is 0 Å². The average Bonchev–Trinajstić information content (AvgIpc) is 2.52. The minimum atomic E-state index is -0.0781. The summed E-state index contributed by atoms with van der Waals surface area (Å²) in [5.41, 5.74) is 1.63. The van der Waals surface area contributed by atoms with Crippen molar-refractivity contribution in [2.75, 3.05) is 6.54 Å². The first-order chi connectivity index (χ1) is 10.5. The Kier molecular flexibility index (Phi) is 5.84. The Morgan fingerprint density at radius 1 is 1.18 bits per heavy atom. The number of carbonyl (C=O) groups is 1. The van der Waals surface area contributed by atoms with Gasteiger partial charge in [0.15, 0.2) is 0 Å². The zero-order chi connectivity index (χ0) is 15.9. The number of nitrogens with one attached hydrogen (secondary N) is 1. The molecule has 0 aliphatic rings. The first-order valence-electron chi connectivity index (χ1n) is 7.30. The van der Waals surface area contributed by atoms with Gasteiger partial charge in [0, 0.05) is 17.1 Å². The predicted molar refractivity (Wildman–Crippen MR) is 89.4 cm³/mol. The van der Waals surface area contributed by atoms with Gasteiger partial charge in [0.2, 0.25) is 0 Å². The molecule has 0 saturated heterocycles. The van der Waals surface area contributed by atoms with E-state index in [1.807, 2.05) is 36.4 Å². The van der Waals surface area contributed by atoms with Crippen molar-refractivity contribution < 1.29 is 9.53 Å². The van der Waals surface area contributed by atoms with E-state index in [9.17, 15) is 4.79 Å². The van der Waals surface area contributed by atoms with Crippen LogP contribution in [0.4, 0.5) is 0 Å². The highest BCUT2D eigenvalue weighted by molar-refractivity contribution is 6.30.